The van der Waals surface area contributed by atoms with E-state index in [0.717, 1.165) is 5.56 Å². The fourth-order valence-electron chi connectivity index (χ4n) is 3.56. The molecule has 0 radical (unpaired) electrons. The number of carbonyl (C=O) groups is 2. The Labute approximate surface area is 180 Å². The van der Waals surface area contributed by atoms with E-state index in [9.17, 15) is 9.59 Å². The number of ether oxygens (including phenoxy) is 3. The van der Waals surface area contributed by atoms with E-state index in [1.807, 2.05) is 32.9 Å². The molecular weight excluding hydrogens is 382 g/mol. The largest absolute Gasteiger partial charge is 0.489 e. The summed E-state index contributed by atoms with van der Waals surface area (Å²) in [5.74, 6) is 0.104. The Kier molecular flexibility index (Phi) is 6.79. The average Bonchev–Trinajstić information content (AvgIpc) is 2.60. The molecule has 168 valence electrons. The molecule has 1 fully saturated rings. The number of methoxy groups -OCH3 is 1. The van der Waals surface area contributed by atoms with Crippen LogP contribution in [0.3, 0.4) is 0 Å². The summed E-state index contributed by atoms with van der Waals surface area (Å²) >= 11 is 0. The van der Waals surface area contributed by atoms with Crippen molar-refractivity contribution in [3.8, 4) is 5.75 Å². The highest BCUT2D eigenvalue weighted by Crippen LogP contribution is 2.36. The van der Waals surface area contributed by atoms with Gasteiger partial charge in [-0.3, -0.25) is 0 Å². The number of esters is 1. The number of benzene rings is 1. The molecule has 30 heavy (non-hydrogen) atoms. The summed E-state index contributed by atoms with van der Waals surface area (Å²) in [5.41, 5.74) is 0.560. The highest BCUT2D eigenvalue weighted by molar-refractivity contribution is 5.92. The summed E-state index contributed by atoms with van der Waals surface area (Å²) in [6.45, 7) is 17.1. The van der Waals surface area contributed by atoms with Gasteiger partial charge in [0, 0.05) is 24.9 Å². The maximum absolute atomic E-state index is 12.5. The predicted molar refractivity (Wildman–Crippen MR) is 117 cm³/mol. The maximum atomic E-state index is 12.5. The van der Waals surface area contributed by atoms with Crippen LogP contribution in [0.15, 0.2) is 18.2 Å². The molecule has 0 aromatic heterocycles. The zero-order valence-corrected chi connectivity index (χ0v) is 19.9. The quantitative estimate of drug-likeness (QED) is 0.631. The number of piperidine rings is 1. The third-order valence-corrected chi connectivity index (χ3v) is 5.31. The molecule has 6 nitrogen and oxygen atoms in total. The zero-order valence-electron chi connectivity index (χ0n) is 19.9. The van der Waals surface area contributed by atoms with Gasteiger partial charge in [0.05, 0.1) is 7.11 Å². The second kappa shape index (κ2) is 8.48. The van der Waals surface area contributed by atoms with Crippen LogP contribution in [0.5, 0.6) is 5.75 Å². The van der Waals surface area contributed by atoms with Crippen molar-refractivity contribution in [2.24, 2.45) is 5.41 Å². The maximum Gasteiger partial charge on any atom is 0.410 e. The molecule has 1 aliphatic heterocycles. The van der Waals surface area contributed by atoms with E-state index >= 15 is 0 Å². The number of carbonyl (C=O) groups excluding carboxylic acids is 2. The lowest BCUT2D eigenvalue weighted by atomic mass is 9.81. The molecule has 1 atom stereocenters. The van der Waals surface area contributed by atoms with Gasteiger partial charge < -0.3 is 19.1 Å². The standard InChI is InChI=1S/C24H37NO5/c1-22(2,3)16-10-11-17(20(26)28-9)18(14-16)29-19-12-13-25(15-24(19,7)8)21(27)30-23(4,5)6/h10-11,14,19H,12-13,15H2,1-9H3. The van der Waals surface area contributed by atoms with Crippen LogP contribution in [0, 0.1) is 5.41 Å². The van der Waals surface area contributed by atoms with Crippen molar-refractivity contribution in [2.75, 3.05) is 20.2 Å². The summed E-state index contributed by atoms with van der Waals surface area (Å²) in [6.07, 6.45) is 0.181. The van der Waals surface area contributed by atoms with Crippen LogP contribution in [0.4, 0.5) is 4.79 Å². The minimum absolute atomic E-state index is 0.0810. The van der Waals surface area contributed by atoms with Gasteiger partial charge in [0.2, 0.25) is 0 Å². The first-order valence-corrected chi connectivity index (χ1v) is 10.5. The van der Waals surface area contributed by atoms with Crippen molar-refractivity contribution in [3.05, 3.63) is 29.3 Å². The topological polar surface area (TPSA) is 65.1 Å². The van der Waals surface area contributed by atoms with Gasteiger partial charge in [-0.1, -0.05) is 40.7 Å². The summed E-state index contributed by atoms with van der Waals surface area (Å²) in [4.78, 5) is 26.5. The molecule has 0 saturated carbocycles. The monoisotopic (exact) mass is 419 g/mol. The van der Waals surface area contributed by atoms with Crippen LogP contribution in [0.25, 0.3) is 0 Å². The van der Waals surface area contributed by atoms with E-state index in [0.29, 0.717) is 30.8 Å². The second-order valence-corrected chi connectivity index (χ2v) is 10.7. The summed E-state index contributed by atoms with van der Waals surface area (Å²) < 4.78 is 16.9. The smallest absolute Gasteiger partial charge is 0.410 e. The Morgan fingerprint density at radius 1 is 1.10 bits per heavy atom. The minimum atomic E-state index is -0.530. The van der Waals surface area contributed by atoms with Crippen LogP contribution < -0.4 is 4.74 Å². The van der Waals surface area contributed by atoms with Gasteiger partial charge in [-0.2, -0.15) is 0 Å². The Balaban J connectivity index is 2.25. The molecule has 1 unspecified atom stereocenters. The number of likely N-dealkylation sites (tertiary alicyclic amines) is 1. The fourth-order valence-corrected chi connectivity index (χ4v) is 3.56. The summed E-state index contributed by atoms with van der Waals surface area (Å²) in [6, 6.07) is 5.64. The lowest BCUT2D eigenvalue weighted by Gasteiger charge is -2.44. The Bertz CT molecular complexity index is 786. The lowest BCUT2D eigenvalue weighted by Crippen LogP contribution is -2.53. The highest BCUT2D eigenvalue weighted by Gasteiger charge is 2.41. The van der Waals surface area contributed by atoms with Gasteiger partial charge in [-0.25, -0.2) is 9.59 Å². The van der Waals surface area contributed by atoms with Crippen LogP contribution in [0.1, 0.15) is 77.7 Å². The minimum Gasteiger partial charge on any atom is -0.489 e. The zero-order chi connectivity index (χ0) is 22.9. The first-order chi connectivity index (χ1) is 13.6. The van der Waals surface area contributed by atoms with E-state index in [1.165, 1.54) is 7.11 Å². The lowest BCUT2D eigenvalue weighted by molar-refractivity contribution is -0.0283. The average molecular weight is 420 g/mol. The molecule has 0 N–H and O–H groups in total. The summed E-state index contributed by atoms with van der Waals surface area (Å²) in [7, 11) is 1.37. The van der Waals surface area contributed by atoms with Crippen molar-refractivity contribution in [2.45, 2.75) is 78.9 Å². The van der Waals surface area contributed by atoms with Gasteiger partial charge in [0.25, 0.3) is 0 Å². The molecule has 1 aliphatic rings. The fraction of sp³-hybridized carbons (Fsp3) is 0.667. The molecular formula is C24H37NO5. The summed E-state index contributed by atoms with van der Waals surface area (Å²) in [5, 5.41) is 0. The second-order valence-electron chi connectivity index (χ2n) is 10.7. The molecule has 1 heterocycles. The van der Waals surface area contributed by atoms with Gasteiger partial charge >= 0.3 is 12.1 Å². The first-order valence-electron chi connectivity index (χ1n) is 10.5. The number of rotatable bonds is 3. The highest BCUT2D eigenvalue weighted by atomic mass is 16.6. The molecule has 2 rings (SSSR count). The van der Waals surface area contributed by atoms with Crippen molar-refractivity contribution in [3.63, 3.8) is 0 Å². The molecule has 1 amide bonds. The molecule has 6 heteroatoms. The van der Waals surface area contributed by atoms with E-state index in [-0.39, 0.29) is 23.0 Å². The normalized spacial score (nSPS) is 19.2. The van der Waals surface area contributed by atoms with Crippen LogP contribution >= 0.6 is 0 Å². The van der Waals surface area contributed by atoms with E-state index in [1.54, 1.807) is 11.0 Å². The Hall–Kier alpha value is -2.24. The van der Waals surface area contributed by atoms with Gasteiger partial charge in [-0.15, -0.1) is 0 Å². The van der Waals surface area contributed by atoms with E-state index in [4.69, 9.17) is 14.2 Å². The number of nitrogens with zero attached hydrogens (tertiary/aromatic N) is 1. The molecule has 0 spiro atoms. The number of hydrogen-bond acceptors (Lipinski definition) is 5. The van der Waals surface area contributed by atoms with Crippen LogP contribution in [-0.2, 0) is 14.9 Å². The number of hydrogen-bond donors (Lipinski definition) is 0. The van der Waals surface area contributed by atoms with E-state index < -0.39 is 11.6 Å². The van der Waals surface area contributed by atoms with Crippen molar-refractivity contribution < 1.29 is 23.8 Å². The van der Waals surface area contributed by atoms with E-state index in [2.05, 4.69) is 34.6 Å². The molecule has 1 aromatic rings. The Morgan fingerprint density at radius 3 is 2.23 bits per heavy atom. The van der Waals surface area contributed by atoms with Crippen LogP contribution in [-0.4, -0.2) is 48.9 Å². The molecule has 0 bridgehead atoms. The van der Waals surface area contributed by atoms with Crippen molar-refractivity contribution >= 4 is 12.1 Å². The van der Waals surface area contributed by atoms with Gasteiger partial charge in [0.15, 0.2) is 0 Å². The Morgan fingerprint density at radius 2 is 1.73 bits per heavy atom. The first kappa shape index (κ1) is 24.0. The third kappa shape index (κ3) is 5.89. The molecule has 1 saturated heterocycles. The SMILES string of the molecule is COC(=O)c1ccc(C(C)(C)C)cc1OC1CCN(C(=O)OC(C)(C)C)CC1(C)C. The van der Waals surface area contributed by atoms with Crippen molar-refractivity contribution in [1.29, 1.82) is 0 Å². The third-order valence-electron chi connectivity index (χ3n) is 5.31. The van der Waals surface area contributed by atoms with Gasteiger partial charge in [-0.05, 0) is 43.9 Å². The molecule has 0 aliphatic carbocycles. The van der Waals surface area contributed by atoms with Gasteiger partial charge in [0.1, 0.15) is 23.0 Å². The van der Waals surface area contributed by atoms with Crippen molar-refractivity contribution in [1.82, 2.24) is 4.90 Å². The predicted octanol–water partition coefficient (Wildman–Crippen LogP) is 5.19. The number of amides is 1. The van der Waals surface area contributed by atoms with Crippen LogP contribution in [0.2, 0.25) is 0 Å². The molecule has 1 aromatic carbocycles.